The van der Waals surface area contributed by atoms with Crippen molar-refractivity contribution < 1.29 is 22.1 Å². The Bertz CT molecular complexity index is 596. The molecule has 6 heteroatoms. The molecule has 2 aromatic rings. The minimum absolute atomic E-state index is 0.389. The number of hydrogen-bond acceptors (Lipinski definition) is 2. The molecule has 2 nitrogen and oxygen atoms in total. The van der Waals surface area contributed by atoms with Crippen molar-refractivity contribution in [3.8, 4) is 5.75 Å². The molecule has 0 fully saturated rings. The molecular formula is C16H20Cl2NOPTi. The number of aryl methyl sites for hydroxylation is 1. The predicted molar refractivity (Wildman–Crippen MR) is 96.0 cm³/mol. The first-order valence-corrected chi connectivity index (χ1v) is 12.0. The average molecular weight is 392 g/mol. The quantitative estimate of drug-likeness (QED) is 0.633. The summed E-state index contributed by atoms with van der Waals surface area (Å²) in [5, 5.41) is 12.3. The van der Waals surface area contributed by atoms with Crippen LogP contribution >= 0.6 is 27.2 Å². The third-order valence-electron chi connectivity index (χ3n) is 3.01. The van der Waals surface area contributed by atoms with Crippen LogP contribution in [0.2, 0.25) is 0 Å². The Morgan fingerprint density at radius 1 is 1.09 bits per heavy atom. The number of para-hydroxylation sites is 1. The van der Waals surface area contributed by atoms with Gasteiger partial charge in [0.1, 0.15) is 5.75 Å². The Balaban J connectivity index is 0.000000745. The van der Waals surface area contributed by atoms with Gasteiger partial charge >= 0.3 is 35.6 Å². The second-order valence-corrected chi connectivity index (χ2v) is 8.93. The Labute approximate surface area is 151 Å². The maximum atomic E-state index is 9.93. The van der Waals surface area contributed by atoms with E-state index in [1.54, 1.807) is 6.07 Å². The molecule has 1 N–H and O–H groups in total. The van der Waals surface area contributed by atoms with Gasteiger partial charge in [-0.1, -0.05) is 45.0 Å². The van der Waals surface area contributed by atoms with Crippen LogP contribution < -0.4 is 10.6 Å². The monoisotopic (exact) mass is 391 g/mol. The molecular weight excluding hydrogens is 372 g/mol. The van der Waals surface area contributed by atoms with Crippen molar-refractivity contribution in [2.45, 2.75) is 13.5 Å². The molecule has 118 valence electrons. The normalized spacial score (nSPS) is 10.6. The summed E-state index contributed by atoms with van der Waals surface area (Å²) >= 11 is -0.556. The van der Waals surface area contributed by atoms with Gasteiger partial charge in [0, 0.05) is 11.8 Å². The van der Waals surface area contributed by atoms with Gasteiger partial charge in [-0.05, 0) is 43.5 Å². The van der Waals surface area contributed by atoms with Gasteiger partial charge in [0.05, 0.1) is 0 Å². The fourth-order valence-corrected chi connectivity index (χ4v) is 3.36. The van der Waals surface area contributed by atoms with Crippen molar-refractivity contribution in [3.05, 3.63) is 53.6 Å². The molecule has 0 aliphatic carbocycles. The summed E-state index contributed by atoms with van der Waals surface area (Å²) in [5.74, 6) is 0.389. The molecule has 0 aliphatic heterocycles. The van der Waals surface area contributed by atoms with Crippen LogP contribution in [0.3, 0.4) is 0 Å². The topological polar surface area (TPSA) is 23.5 Å². The summed E-state index contributed by atoms with van der Waals surface area (Å²) in [5.41, 5.74) is 2.63. The van der Waals surface area contributed by atoms with Crippen molar-refractivity contribution in [3.63, 3.8) is 0 Å². The summed E-state index contributed by atoms with van der Waals surface area (Å²) in [7, 11) is 14.4. The summed E-state index contributed by atoms with van der Waals surface area (Å²) in [6.45, 7) is 3.07. The standard InChI is InChI=1S/C16H20NOP.2ClH.Ti/c1-12-7-6-8-13(11-17(2)3)16(12)19-15-10-5-4-9-14(15)18;;;/h4-10,18-19H,11H2,1-3H3;2*1H;/q;;;+2/p-2. The molecule has 0 aliphatic rings. The summed E-state index contributed by atoms with van der Waals surface area (Å²) in [6.07, 6.45) is 0. The van der Waals surface area contributed by atoms with E-state index in [4.69, 9.17) is 18.6 Å². The number of hydrogen-bond donors (Lipinski definition) is 1. The van der Waals surface area contributed by atoms with Crippen LogP contribution in [0, 0.1) is 6.92 Å². The van der Waals surface area contributed by atoms with E-state index in [0.29, 0.717) is 14.3 Å². The minimum atomic E-state index is -0.556. The van der Waals surface area contributed by atoms with Gasteiger partial charge in [-0.3, -0.25) is 0 Å². The Morgan fingerprint density at radius 2 is 1.73 bits per heavy atom. The zero-order chi connectivity index (χ0) is 16.5. The van der Waals surface area contributed by atoms with Crippen molar-refractivity contribution >= 4 is 37.8 Å². The number of rotatable bonds is 4. The molecule has 0 heterocycles. The van der Waals surface area contributed by atoms with E-state index in [1.165, 1.54) is 16.4 Å². The molecule has 1 unspecified atom stereocenters. The van der Waals surface area contributed by atoms with E-state index >= 15 is 0 Å². The second-order valence-electron chi connectivity index (χ2n) is 5.06. The summed E-state index contributed by atoms with van der Waals surface area (Å²) < 4.78 is 0. The molecule has 2 rings (SSSR count). The molecule has 1 atom stereocenters. The Hall–Kier alpha value is -0.0757. The molecule has 0 amide bonds. The van der Waals surface area contributed by atoms with E-state index in [-0.39, 0.29) is 0 Å². The summed E-state index contributed by atoms with van der Waals surface area (Å²) in [6, 6.07) is 14.0. The van der Waals surface area contributed by atoms with E-state index in [1.807, 2.05) is 18.2 Å². The number of aromatic hydroxyl groups is 1. The second kappa shape index (κ2) is 10.7. The van der Waals surface area contributed by atoms with E-state index in [2.05, 4.69) is 44.1 Å². The van der Waals surface area contributed by atoms with Gasteiger partial charge in [0.15, 0.2) is 0 Å². The van der Waals surface area contributed by atoms with Gasteiger partial charge in [0.2, 0.25) is 0 Å². The van der Waals surface area contributed by atoms with Crippen LogP contribution in [0.4, 0.5) is 0 Å². The van der Waals surface area contributed by atoms with Crippen molar-refractivity contribution in [1.82, 2.24) is 4.90 Å². The maximum absolute atomic E-state index is 9.93. The van der Waals surface area contributed by atoms with Crippen LogP contribution in [0.25, 0.3) is 0 Å². The molecule has 0 spiro atoms. The molecule has 22 heavy (non-hydrogen) atoms. The van der Waals surface area contributed by atoms with Crippen LogP contribution in [-0.2, 0) is 23.6 Å². The van der Waals surface area contributed by atoms with Gasteiger partial charge in [-0.25, -0.2) is 0 Å². The number of phenolic OH excluding ortho intramolecular Hbond substituents is 1. The molecule has 0 aromatic heterocycles. The Morgan fingerprint density at radius 3 is 2.32 bits per heavy atom. The fraction of sp³-hybridized carbons (Fsp3) is 0.250. The van der Waals surface area contributed by atoms with E-state index in [9.17, 15) is 5.11 Å². The van der Waals surface area contributed by atoms with Gasteiger partial charge in [-0.2, -0.15) is 0 Å². The van der Waals surface area contributed by atoms with Crippen molar-refractivity contribution in [2.24, 2.45) is 0 Å². The number of benzene rings is 2. The number of nitrogens with zero attached hydrogens (tertiary/aromatic N) is 1. The fourth-order valence-electron chi connectivity index (χ4n) is 2.09. The molecule has 0 bridgehead atoms. The molecule has 0 radical (unpaired) electrons. The van der Waals surface area contributed by atoms with Gasteiger partial charge in [-0.15, -0.1) is 0 Å². The van der Waals surface area contributed by atoms with E-state index in [0.717, 1.165) is 11.8 Å². The SMILES string of the molecule is Cc1cccc(CN(C)C)c1Pc1ccccc1O.[Cl][Ti][Cl]. The van der Waals surface area contributed by atoms with Crippen molar-refractivity contribution in [2.75, 3.05) is 14.1 Å². The first-order chi connectivity index (χ1) is 10.5. The number of phenols is 1. The van der Waals surface area contributed by atoms with E-state index < -0.39 is 17.0 Å². The van der Waals surface area contributed by atoms with Crippen LogP contribution in [0.1, 0.15) is 11.1 Å². The van der Waals surface area contributed by atoms with Crippen LogP contribution in [0.5, 0.6) is 5.75 Å². The predicted octanol–water partition coefficient (Wildman–Crippen LogP) is 3.77. The third kappa shape index (κ3) is 6.58. The van der Waals surface area contributed by atoms with Gasteiger partial charge < -0.3 is 10.0 Å². The molecule has 2 aromatic carbocycles. The molecule has 0 saturated heterocycles. The number of halogens is 2. The van der Waals surface area contributed by atoms with Gasteiger partial charge in [0.25, 0.3) is 0 Å². The van der Waals surface area contributed by atoms with Crippen LogP contribution in [0.15, 0.2) is 42.5 Å². The first-order valence-electron chi connectivity index (χ1n) is 6.74. The van der Waals surface area contributed by atoms with Crippen molar-refractivity contribution in [1.29, 1.82) is 0 Å². The average Bonchev–Trinajstić information content (AvgIpc) is 2.45. The third-order valence-corrected chi connectivity index (χ3v) is 4.67. The Kier molecular flexibility index (Phi) is 9.67. The van der Waals surface area contributed by atoms with Crippen LogP contribution in [-0.4, -0.2) is 24.1 Å². The first kappa shape index (κ1) is 20.0. The zero-order valence-electron chi connectivity index (χ0n) is 12.9. The molecule has 0 saturated carbocycles. The zero-order valence-corrected chi connectivity index (χ0v) is 17.0. The summed E-state index contributed by atoms with van der Waals surface area (Å²) in [4.78, 5) is 2.17.